The van der Waals surface area contributed by atoms with E-state index in [9.17, 15) is 19.1 Å². The average molecular weight is 734 g/mol. The van der Waals surface area contributed by atoms with Crippen molar-refractivity contribution in [3.8, 4) is 28.6 Å². The van der Waals surface area contributed by atoms with Gasteiger partial charge in [-0.3, -0.25) is 9.59 Å². The summed E-state index contributed by atoms with van der Waals surface area (Å²) in [6.07, 6.45) is 7.65. The van der Waals surface area contributed by atoms with Gasteiger partial charge in [0.25, 0.3) is 0 Å². The molecule has 0 saturated carbocycles. The number of aromatic hydroxyl groups is 1. The van der Waals surface area contributed by atoms with Crippen LogP contribution in [0.2, 0.25) is 0 Å². The summed E-state index contributed by atoms with van der Waals surface area (Å²) in [5, 5.41) is 18.5. The molecule has 6 aromatic rings. The third kappa shape index (κ3) is 11.0. The van der Waals surface area contributed by atoms with Crippen molar-refractivity contribution in [1.29, 1.82) is 0 Å². The zero-order chi connectivity index (χ0) is 37.5. The maximum atomic E-state index is 13.5. The van der Waals surface area contributed by atoms with Crippen LogP contribution >= 0.6 is 0 Å². The number of ether oxygens (including phenoxy) is 4. The van der Waals surface area contributed by atoms with E-state index in [-0.39, 0.29) is 27.9 Å². The lowest BCUT2D eigenvalue weighted by molar-refractivity contribution is 0.0333. The molecule has 0 amide bonds. The number of allylic oxidation sites excluding steroid dienone is 1. The monoisotopic (exact) mass is 733 g/mol. The van der Waals surface area contributed by atoms with Gasteiger partial charge in [0.2, 0.25) is 0 Å². The predicted octanol–water partition coefficient (Wildman–Crippen LogP) is 7.31. The van der Waals surface area contributed by atoms with Gasteiger partial charge in [-0.15, -0.1) is 5.10 Å². The van der Waals surface area contributed by atoms with E-state index in [1.807, 2.05) is 30.5 Å². The second-order valence-electron chi connectivity index (χ2n) is 12.3. The summed E-state index contributed by atoms with van der Waals surface area (Å²) in [7, 11) is 0. The molecule has 1 N–H and O–H groups in total. The number of rotatable bonds is 20. The van der Waals surface area contributed by atoms with Crippen molar-refractivity contribution in [1.82, 2.24) is 15.0 Å². The summed E-state index contributed by atoms with van der Waals surface area (Å²) in [5.41, 5.74) is 2.77. The maximum Gasteiger partial charge on any atom is 0.193 e. The number of phenols is 1. The Kier molecular flexibility index (Phi) is 13.3. The fourth-order valence-corrected chi connectivity index (χ4v) is 5.46. The van der Waals surface area contributed by atoms with Crippen LogP contribution in [0.4, 0.5) is 4.39 Å². The van der Waals surface area contributed by atoms with E-state index in [4.69, 9.17) is 23.4 Å². The first-order valence-electron chi connectivity index (χ1n) is 17.7. The van der Waals surface area contributed by atoms with Gasteiger partial charge in [-0.25, -0.2) is 9.07 Å². The summed E-state index contributed by atoms with van der Waals surface area (Å²) in [6, 6.07) is 26.4. The molecule has 0 aliphatic rings. The lowest BCUT2D eigenvalue weighted by Gasteiger charge is -2.09. The van der Waals surface area contributed by atoms with Gasteiger partial charge in [0.15, 0.2) is 11.2 Å². The molecule has 0 radical (unpaired) electrons. The Balaban J connectivity index is 0.781. The highest BCUT2D eigenvalue weighted by Crippen LogP contribution is 2.25. The number of phenolic OH excluding ortho intramolecular Hbond substituents is 1. The van der Waals surface area contributed by atoms with Crippen molar-refractivity contribution in [2.75, 3.05) is 39.6 Å². The third-order valence-electron chi connectivity index (χ3n) is 8.32. The quantitative estimate of drug-likeness (QED) is 0.0484. The lowest BCUT2D eigenvalue weighted by atomic mass is 10.1. The van der Waals surface area contributed by atoms with E-state index >= 15 is 0 Å². The Bertz CT molecular complexity index is 2210. The van der Waals surface area contributed by atoms with Gasteiger partial charge < -0.3 is 28.5 Å². The Morgan fingerprint density at radius 1 is 0.815 bits per heavy atom. The van der Waals surface area contributed by atoms with Crippen LogP contribution in [0.3, 0.4) is 0 Å². The predicted molar refractivity (Wildman–Crippen MR) is 201 cm³/mol. The molecule has 0 aliphatic carbocycles. The SMILES string of the molecule is O=C(/C=C/c1ccc(OCCCCc2cn(CCOCCOCCOc3ccc(-c4cc(=O)c5cc(F)ccc5o4)cc3)nn2)cc1)c1ccccc1O. The number of fused-ring (bicyclic) bond motifs is 1. The van der Waals surface area contributed by atoms with Crippen LogP contribution in [0.25, 0.3) is 28.4 Å². The second kappa shape index (κ2) is 19.1. The van der Waals surface area contributed by atoms with Crippen LogP contribution in [-0.4, -0.2) is 65.5 Å². The number of aryl methyl sites for hydroxylation is 1. The number of nitrogens with zero attached hydrogens (tertiary/aromatic N) is 3. The Morgan fingerprint density at radius 2 is 1.54 bits per heavy atom. The number of carbonyl (C=O) groups excluding carboxylic acids is 1. The van der Waals surface area contributed by atoms with Crippen LogP contribution in [0, 0.1) is 5.82 Å². The average Bonchev–Trinajstić information content (AvgIpc) is 3.64. The molecule has 4 aromatic carbocycles. The number of ketones is 1. The van der Waals surface area contributed by atoms with Crippen LogP contribution < -0.4 is 14.9 Å². The Hall–Kier alpha value is -6.11. The molecule has 0 spiro atoms. The van der Waals surface area contributed by atoms with Gasteiger partial charge in [0.05, 0.1) is 56.2 Å². The number of hydrogen-bond acceptors (Lipinski definition) is 10. The minimum atomic E-state index is -0.485. The minimum absolute atomic E-state index is 0.0350. The van der Waals surface area contributed by atoms with Crippen molar-refractivity contribution in [2.24, 2.45) is 0 Å². The van der Waals surface area contributed by atoms with Crippen LogP contribution in [0.15, 0.2) is 119 Å². The second-order valence-corrected chi connectivity index (χ2v) is 12.3. The molecule has 0 aliphatic heterocycles. The van der Waals surface area contributed by atoms with Crippen LogP contribution in [0.1, 0.15) is 34.5 Å². The van der Waals surface area contributed by atoms with Crippen molar-refractivity contribution in [2.45, 2.75) is 25.8 Å². The smallest absolute Gasteiger partial charge is 0.193 e. The molecular weight excluding hydrogens is 693 g/mol. The molecule has 278 valence electrons. The molecule has 0 atom stereocenters. The molecule has 0 bridgehead atoms. The van der Waals surface area contributed by atoms with E-state index in [2.05, 4.69) is 10.3 Å². The van der Waals surface area contributed by atoms with E-state index in [1.165, 1.54) is 36.4 Å². The van der Waals surface area contributed by atoms with E-state index in [1.54, 1.807) is 53.2 Å². The first-order valence-corrected chi connectivity index (χ1v) is 17.7. The number of benzene rings is 4. The van der Waals surface area contributed by atoms with Crippen molar-refractivity contribution >= 4 is 22.8 Å². The molecule has 0 unspecified atom stereocenters. The highest BCUT2D eigenvalue weighted by Gasteiger charge is 2.09. The molecular formula is C42H40FN3O8. The van der Waals surface area contributed by atoms with E-state index in [0.29, 0.717) is 68.8 Å². The molecule has 0 fully saturated rings. The summed E-state index contributed by atoms with van der Waals surface area (Å²) >= 11 is 0. The standard InChI is InChI=1S/C42H40FN3O8/c43-32-13-19-41-37(27-32)40(49)28-42(54-41)31-11-16-35(17-12-31)53-26-25-51-24-23-50-22-20-46-29-33(44-45-46)5-3-4-21-52-34-14-8-30(9-15-34)10-18-39(48)36-6-1-2-7-38(36)47/h1-2,6-19,27-29,47H,3-5,20-26H2/b18-10+. The lowest BCUT2D eigenvalue weighted by Crippen LogP contribution is -2.13. The minimum Gasteiger partial charge on any atom is -0.507 e. The molecule has 2 heterocycles. The largest absolute Gasteiger partial charge is 0.507 e. The Labute approximate surface area is 311 Å². The molecule has 11 nitrogen and oxygen atoms in total. The summed E-state index contributed by atoms with van der Waals surface area (Å²) in [4.78, 5) is 24.7. The number of carbonyl (C=O) groups is 1. The zero-order valence-corrected chi connectivity index (χ0v) is 29.6. The molecule has 6 rings (SSSR count). The summed E-state index contributed by atoms with van der Waals surface area (Å²) < 4.78 is 43.9. The van der Waals surface area contributed by atoms with Crippen molar-refractivity contribution < 1.29 is 37.7 Å². The van der Waals surface area contributed by atoms with E-state index in [0.717, 1.165) is 36.3 Å². The first-order chi connectivity index (χ1) is 26.4. The first kappa shape index (κ1) is 37.6. The topological polar surface area (TPSA) is 135 Å². The van der Waals surface area contributed by atoms with Gasteiger partial charge in [0, 0.05) is 17.8 Å². The third-order valence-corrected chi connectivity index (χ3v) is 8.32. The van der Waals surface area contributed by atoms with Gasteiger partial charge >= 0.3 is 0 Å². The van der Waals surface area contributed by atoms with Gasteiger partial charge in [0.1, 0.15) is 41.0 Å². The fourth-order valence-electron chi connectivity index (χ4n) is 5.46. The number of para-hydroxylation sites is 1. The van der Waals surface area contributed by atoms with Crippen molar-refractivity contribution in [3.05, 3.63) is 142 Å². The van der Waals surface area contributed by atoms with Gasteiger partial charge in [-0.05, 0) is 97.6 Å². The van der Waals surface area contributed by atoms with Crippen molar-refractivity contribution in [3.63, 3.8) is 0 Å². The van der Waals surface area contributed by atoms with Crippen LogP contribution in [-0.2, 0) is 22.4 Å². The molecule has 12 heteroatoms. The normalized spacial score (nSPS) is 11.4. The summed E-state index contributed by atoms with van der Waals surface area (Å²) in [6.45, 7) is 3.28. The molecule has 54 heavy (non-hydrogen) atoms. The number of halogens is 1. The number of hydrogen-bond donors (Lipinski definition) is 1. The maximum absolute atomic E-state index is 13.5. The zero-order valence-electron chi connectivity index (χ0n) is 29.6. The molecule has 2 aromatic heterocycles. The Morgan fingerprint density at radius 3 is 2.33 bits per heavy atom. The molecule has 0 saturated heterocycles. The number of unbranched alkanes of at least 4 members (excludes halogenated alkanes) is 1. The van der Waals surface area contributed by atoms with E-state index < -0.39 is 5.82 Å². The van der Waals surface area contributed by atoms with Gasteiger partial charge in [-0.2, -0.15) is 0 Å². The van der Waals surface area contributed by atoms with Crippen LogP contribution in [0.5, 0.6) is 17.2 Å². The highest BCUT2D eigenvalue weighted by molar-refractivity contribution is 6.08. The van der Waals surface area contributed by atoms with Gasteiger partial charge in [-0.1, -0.05) is 35.6 Å². The fraction of sp³-hybridized carbons (Fsp3) is 0.238. The summed E-state index contributed by atoms with van der Waals surface area (Å²) in [5.74, 6) is 1.02. The highest BCUT2D eigenvalue weighted by atomic mass is 19.1. The number of aromatic nitrogens is 3.